The summed E-state index contributed by atoms with van der Waals surface area (Å²) in [7, 11) is 1.60. The molecule has 0 radical (unpaired) electrons. The van der Waals surface area contributed by atoms with E-state index in [0.717, 1.165) is 39.1 Å². The SMILES string of the molecule is COc1cc(CO)cc(-c2cc(-c3nc4cc(Cl)c(C)cc4[nH]3)[nH]n2)c1. The van der Waals surface area contributed by atoms with Crippen molar-refractivity contribution < 1.29 is 9.84 Å². The van der Waals surface area contributed by atoms with Gasteiger partial charge in [-0.05, 0) is 54.4 Å². The summed E-state index contributed by atoms with van der Waals surface area (Å²) in [6.45, 7) is 1.89. The zero-order valence-corrected chi connectivity index (χ0v) is 15.1. The van der Waals surface area contributed by atoms with Gasteiger partial charge in [0.25, 0.3) is 0 Å². The average Bonchev–Trinajstić information content (AvgIpc) is 3.28. The number of imidazole rings is 1. The molecular weight excluding hydrogens is 352 g/mol. The number of aliphatic hydroxyl groups excluding tert-OH is 1. The number of aliphatic hydroxyl groups is 1. The zero-order valence-electron chi connectivity index (χ0n) is 14.3. The highest BCUT2D eigenvalue weighted by Gasteiger charge is 2.12. The minimum atomic E-state index is -0.0643. The highest BCUT2D eigenvalue weighted by molar-refractivity contribution is 6.32. The van der Waals surface area contributed by atoms with Gasteiger partial charge in [0.05, 0.1) is 30.4 Å². The monoisotopic (exact) mass is 368 g/mol. The number of H-pyrrole nitrogens is 2. The molecule has 2 aromatic carbocycles. The number of hydrogen-bond acceptors (Lipinski definition) is 4. The van der Waals surface area contributed by atoms with Gasteiger partial charge in [-0.15, -0.1) is 0 Å². The molecule has 0 saturated carbocycles. The van der Waals surface area contributed by atoms with Crippen LogP contribution in [0.1, 0.15) is 11.1 Å². The number of nitrogens with zero attached hydrogens (tertiary/aromatic N) is 2. The van der Waals surface area contributed by atoms with Gasteiger partial charge < -0.3 is 14.8 Å². The second-order valence-electron chi connectivity index (χ2n) is 6.10. The van der Waals surface area contributed by atoms with Gasteiger partial charge in [0.1, 0.15) is 11.4 Å². The Bertz CT molecular complexity index is 1040. The normalized spacial score (nSPS) is 11.2. The fourth-order valence-electron chi connectivity index (χ4n) is 2.88. The molecule has 0 saturated heterocycles. The number of fused-ring (bicyclic) bond motifs is 1. The van der Waals surface area contributed by atoms with Gasteiger partial charge in [-0.3, -0.25) is 5.10 Å². The Labute approximate surface area is 154 Å². The van der Waals surface area contributed by atoms with Crippen molar-refractivity contribution in [2.24, 2.45) is 0 Å². The van der Waals surface area contributed by atoms with Crippen molar-refractivity contribution in [3.63, 3.8) is 0 Å². The van der Waals surface area contributed by atoms with Crippen molar-refractivity contribution in [1.29, 1.82) is 0 Å². The van der Waals surface area contributed by atoms with E-state index in [9.17, 15) is 5.11 Å². The van der Waals surface area contributed by atoms with Crippen LogP contribution in [0.5, 0.6) is 5.75 Å². The molecule has 0 aliphatic heterocycles. The second-order valence-corrected chi connectivity index (χ2v) is 6.51. The maximum absolute atomic E-state index is 9.43. The van der Waals surface area contributed by atoms with Crippen molar-refractivity contribution in [3.05, 3.63) is 52.5 Å². The van der Waals surface area contributed by atoms with Crippen molar-refractivity contribution >= 4 is 22.6 Å². The lowest BCUT2D eigenvalue weighted by Crippen LogP contribution is -1.90. The van der Waals surface area contributed by atoms with Crippen LogP contribution < -0.4 is 4.74 Å². The van der Waals surface area contributed by atoms with E-state index in [1.807, 2.05) is 37.3 Å². The molecular formula is C19H17ClN4O2. The number of aromatic amines is 2. The van der Waals surface area contributed by atoms with Gasteiger partial charge in [-0.25, -0.2) is 4.98 Å². The Morgan fingerprint density at radius 3 is 2.77 bits per heavy atom. The van der Waals surface area contributed by atoms with Crippen LogP contribution >= 0.6 is 11.6 Å². The average molecular weight is 369 g/mol. The first-order valence-corrected chi connectivity index (χ1v) is 8.46. The van der Waals surface area contributed by atoms with Gasteiger partial charge in [0.2, 0.25) is 0 Å². The lowest BCUT2D eigenvalue weighted by atomic mass is 10.1. The molecule has 0 bridgehead atoms. The molecule has 0 aliphatic rings. The van der Waals surface area contributed by atoms with E-state index in [1.165, 1.54) is 0 Å². The topological polar surface area (TPSA) is 86.8 Å². The van der Waals surface area contributed by atoms with E-state index >= 15 is 0 Å². The molecule has 0 atom stereocenters. The van der Waals surface area contributed by atoms with Crippen LogP contribution in [0.25, 0.3) is 33.8 Å². The van der Waals surface area contributed by atoms with E-state index in [2.05, 4.69) is 20.2 Å². The van der Waals surface area contributed by atoms with Gasteiger partial charge in [-0.2, -0.15) is 5.10 Å². The third kappa shape index (κ3) is 2.94. The Kier molecular flexibility index (Phi) is 4.14. The van der Waals surface area contributed by atoms with Crippen molar-refractivity contribution in [2.75, 3.05) is 7.11 Å². The summed E-state index contributed by atoms with van der Waals surface area (Å²) in [6, 6.07) is 11.3. The number of hydrogen-bond donors (Lipinski definition) is 3. The third-order valence-electron chi connectivity index (χ3n) is 4.28. The zero-order chi connectivity index (χ0) is 18.3. The van der Waals surface area contributed by atoms with Gasteiger partial charge in [0, 0.05) is 10.6 Å². The number of nitrogens with one attached hydrogen (secondary N) is 2. The van der Waals surface area contributed by atoms with Crippen molar-refractivity contribution in [2.45, 2.75) is 13.5 Å². The predicted molar refractivity (Wildman–Crippen MR) is 101 cm³/mol. The van der Waals surface area contributed by atoms with Crippen LogP contribution in [-0.2, 0) is 6.61 Å². The number of ether oxygens (including phenoxy) is 1. The minimum absolute atomic E-state index is 0.0643. The Morgan fingerprint density at radius 2 is 2.00 bits per heavy atom. The van der Waals surface area contributed by atoms with Crippen LogP contribution in [0.15, 0.2) is 36.4 Å². The van der Waals surface area contributed by atoms with E-state index in [-0.39, 0.29) is 6.61 Å². The number of aryl methyl sites for hydroxylation is 1. The molecule has 6 nitrogen and oxygen atoms in total. The summed E-state index contributed by atoms with van der Waals surface area (Å²) in [5, 5.41) is 17.5. The number of aromatic nitrogens is 4. The number of benzene rings is 2. The van der Waals surface area contributed by atoms with Gasteiger partial charge in [-0.1, -0.05) is 11.6 Å². The minimum Gasteiger partial charge on any atom is -0.497 e. The maximum Gasteiger partial charge on any atom is 0.156 e. The van der Waals surface area contributed by atoms with Crippen molar-refractivity contribution in [3.8, 4) is 28.5 Å². The highest BCUT2D eigenvalue weighted by Crippen LogP contribution is 2.29. The summed E-state index contributed by atoms with van der Waals surface area (Å²) in [4.78, 5) is 7.87. The lowest BCUT2D eigenvalue weighted by molar-refractivity contribution is 0.281. The van der Waals surface area contributed by atoms with Gasteiger partial charge in [0.15, 0.2) is 5.82 Å². The number of rotatable bonds is 4. The van der Waals surface area contributed by atoms with Crippen LogP contribution in [0.2, 0.25) is 5.02 Å². The Balaban J connectivity index is 1.74. The largest absolute Gasteiger partial charge is 0.497 e. The molecule has 0 spiro atoms. The fourth-order valence-corrected chi connectivity index (χ4v) is 3.03. The van der Waals surface area contributed by atoms with Crippen LogP contribution in [0.4, 0.5) is 0 Å². The Morgan fingerprint density at radius 1 is 1.15 bits per heavy atom. The summed E-state index contributed by atoms with van der Waals surface area (Å²) in [6.07, 6.45) is 0. The summed E-state index contributed by atoms with van der Waals surface area (Å²) >= 11 is 6.18. The molecule has 0 unspecified atom stereocenters. The van der Waals surface area contributed by atoms with E-state index in [0.29, 0.717) is 16.6 Å². The molecule has 0 amide bonds. The van der Waals surface area contributed by atoms with Crippen LogP contribution in [-0.4, -0.2) is 32.4 Å². The second kappa shape index (κ2) is 6.48. The number of halogens is 1. The van der Waals surface area contributed by atoms with Gasteiger partial charge >= 0.3 is 0 Å². The van der Waals surface area contributed by atoms with E-state index in [1.54, 1.807) is 13.2 Å². The standard InChI is InChI=1S/C19H17ClN4O2/c1-10-3-16-17(7-14(10)20)22-19(21-16)18-8-15(23-24-18)12-4-11(9-25)5-13(6-12)26-2/h3-8,25H,9H2,1-2H3,(H,21,22)(H,23,24). The van der Waals surface area contributed by atoms with Crippen LogP contribution in [0.3, 0.4) is 0 Å². The smallest absolute Gasteiger partial charge is 0.156 e. The third-order valence-corrected chi connectivity index (χ3v) is 4.68. The molecule has 4 rings (SSSR count). The fraction of sp³-hybridized carbons (Fsp3) is 0.158. The molecule has 132 valence electrons. The van der Waals surface area contributed by atoms with E-state index < -0.39 is 0 Å². The molecule has 0 aliphatic carbocycles. The number of methoxy groups -OCH3 is 1. The molecule has 7 heteroatoms. The highest BCUT2D eigenvalue weighted by atomic mass is 35.5. The summed E-state index contributed by atoms with van der Waals surface area (Å²) < 4.78 is 5.29. The molecule has 2 aromatic heterocycles. The predicted octanol–water partition coefficient (Wildman–Crippen LogP) is 4.08. The first-order valence-electron chi connectivity index (χ1n) is 8.08. The quantitative estimate of drug-likeness (QED) is 0.506. The maximum atomic E-state index is 9.43. The molecule has 4 aromatic rings. The lowest BCUT2D eigenvalue weighted by Gasteiger charge is -2.05. The summed E-state index contributed by atoms with van der Waals surface area (Å²) in [5.41, 5.74) is 5.83. The molecule has 26 heavy (non-hydrogen) atoms. The van der Waals surface area contributed by atoms with Crippen LogP contribution in [0, 0.1) is 6.92 Å². The molecule has 0 fully saturated rings. The first-order chi connectivity index (χ1) is 12.6. The van der Waals surface area contributed by atoms with Crippen molar-refractivity contribution in [1.82, 2.24) is 20.2 Å². The Hall–Kier alpha value is -2.83. The first kappa shape index (κ1) is 16.6. The van der Waals surface area contributed by atoms with E-state index in [4.69, 9.17) is 16.3 Å². The summed E-state index contributed by atoms with van der Waals surface area (Å²) in [5.74, 6) is 1.36. The molecule has 2 heterocycles. The molecule has 3 N–H and O–H groups in total.